The van der Waals surface area contributed by atoms with Crippen molar-refractivity contribution in [3.63, 3.8) is 0 Å². The normalized spacial score (nSPS) is 12.2. The van der Waals surface area contributed by atoms with Gasteiger partial charge in [0.05, 0.1) is 19.0 Å². The molecule has 0 N–H and O–H groups in total. The molecule has 0 bridgehead atoms. The third kappa shape index (κ3) is 3.27. The Hall–Kier alpha value is -1.00. The van der Waals surface area contributed by atoms with Crippen molar-refractivity contribution in [2.24, 2.45) is 0 Å². The summed E-state index contributed by atoms with van der Waals surface area (Å²) < 4.78 is 10.3. The quantitative estimate of drug-likeness (QED) is 0.756. The number of thiophene rings is 1. The first-order valence-electron chi connectivity index (χ1n) is 5.62. The van der Waals surface area contributed by atoms with Gasteiger partial charge in [0.25, 0.3) is 0 Å². The van der Waals surface area contributed by atoms with Gasteiger partial charge in [-0.15, -0.1) is 11.3 Å². The second kappa shape index (κ2) is 6.25. The average molecular weight is 327 g/mol. The Morgan fingerprint density at radius 2 is 1.78 bits per heavy atom. The molecule has 1 unspecified atom stereocenters. The van der Waals surface area contributed by atoms with Crippen LogP contribution in [0.4, 0.5) is 0 Å². The fourth-order valence-electron chi connectivity index (χ4n) is 1.67. The lowest BCUT2D eigenvalue weighted by molar-refractivity contribution is 0.414. The van der Waals surface area contributed by atoms with Crippen LogP contribution in [-0.2, 0) is 6.42 Å². The zero-order valence-corrected chi connectivity index (χ0v) is 12.8. The molecule has 2 rings (SSSR count). The van der Waals surface area contributed by atoms with Crippen LogP contribution in [0.25, 0.3) is 0 Å². The van der Waals surface area contributed by atoms with E-state index in [4.69, 9.17) is 9.47 Å². The van der Waals surface area contributed by atoms with E-state index in [9.17, 15) is 0 Å². The van der Waals surface area contributed by atoms with Crippen LogP contribution in [0.1, 0.15) is 15.3 Å². The molecule has 0 aliphatic heterocycles. The first-order valence-corrected chi connectivity index (χ1v) is 7.42. The highest BCUT2D eigenvalue weighted by molar-refractivity contribution is 9.09. The van der Waals surface area contributed by atoms with E-state index < -0.39 is 0 Å². The van der Waals surface area contributed by atoms with Gasteiger partial charge in [0.1, 0.15) is 11.5 Å². The molecular formula is C14H15BrO2S. The van der Waals surface area contributed by atoms with E-state index in [1.807, 2.05) is 17.5 Å². The van der Waals surface area contributed by atoms with Gasteiger partial charge in [0.15, 0.2) is 0 Å². The lowest BCUT2D eigenvalue weighted by atomic mass is 10.1. The van der Waals surface area contributed by atoms with E-state index in [0.29, 0.717) is 4.83 Å². The van der Waals surface area contributed by atoms with Crippen molar-refractivity contribution in [3.8, 4) is 11.5 Å². The van der Waals surface area contributed by atoms with Crippen molar-refractivity contribution in [2.75, 3.05) is 14.2 Å². The molecule has 0 saturated heterocycles. The van der Waals surface area contributed by atoms with Crippen LogP contribution in [-0.4, -0.2) is 14.2 Å². The molecule has 0 amide bonds. The molecule has 1 heterocycles. The average Bonchev–Trinajstić information content (AvgIpc) is 2.88. The number of methoxy groups -OCH3 is 2. The van der Waals surface area contributed by atoms with Gasteiger partial charge in [-0.3, -0.25) is 0 Å². The zero-order valence-electron chi connectivity index (χ0n) is 10.4. The largest absolute Gasteiger partial charge is 0.497 e. The smallest absolute Gasteiger partial charge is 0.129 e. The topological polar surface area (TPSA) is 18.5 Å². The number of hydrogen-bond donors (Lipinski definition) is 0. The number of hydrogen-bond acceptors (Lipinski definition) is 3. The van der Waals surface area contributed by atoms with Crippen LogP contribution in [0.2, 0.25) is 0 Å². The first-order chi connectivity index (χ1) is 8.72. The second-order valence-corrected chi connectivity index (χ2v) is 5.96. The minimum absolute atomic E-state index is 0.319. The standard InChI is InChI=1S/C14H15BrO2S/c1-16-11-5-3-10(4-6-11)7-13(15)14-8-12(17-2)9-18-14/h3-6,8-9,13H,7H2,1-2H3. The van der Waals surface area contributed by atoms with E-state index >= 15 is 0 Å². The van der Waals surface area contributed by atoms with Crippen molar-refractivity contribution in [1.82, 2.24) is 0 Å². The summed E-state index contributed by atoms with van der Waals surface area (Å²) in [7, 11) is 3.37. The Morgan fingerprint density at radius 3 is 2.33 bits per heavy atom. The lowest BCUT2D eigenvalue weighted by Crippen LogP contribution is -1.93. The molecule has 0 aliphatic rings. The summed E-state index contributed by atoms with van der Waals surface area (Å²) >= 11 is 5.44. The van der Waals surface area contributed by atoms with Gasteiger partial charge in [0, 0.05) is 10.3 Å². The minimum atomic E-state index is 0.319. The van der Waals surface area contributed by atoms with Gasteiger partial charge in [-0.2, -0.15) is 0 Å². The van der Waals surface area contributed by atoms with Crippen molar-refractivity contribution in [2.45, 2.75) is 11.2 Å². The summed E-state index contributed by atoms with van der Waals surface area (Å²) in [6.07, 6.45) is 0.952. The highest BCUT2D eigenvalue weighted by atomic mass is 79.9. The summed E-state index contributed by atoms with van der Waals surface area (Å²) in [5.74, 6) is 1.82. The fraction of sp³-hybridized carbons (Fsp3) is 0.286. The molecule has 2 aromatic rings. The van der Waals surface area contributed by atoms with Crippen LogP contribution in [0.15, 0.2) is 35.7 Å². The Labute approximate surface area is 120 Å². The molecular weight excluding hydrogens is 312 g/mol. The number of alkyl halides is 1. The van der Waals surface area contributed by atoms with Gasteiger partial charge >= 0.3 is 0 Å². The summed E-state index contributed by atoms with van der Waals surface area (Å²) in [4.78, 5) is 1.60. The van der Waals surface area contributed by atoms with Gasteiger partial charge in [-0.05, 0) is 30.2 Å². The Balaban J connectivity index is 2.03. The minimum Gasteiger partial charge on any atom is -0.497 e. The predicted octanol–water partition coefficient (Wildman–Crippen LogP) is 4.44. The molecule has 0 fully saturated rings. The van der Waals surface area contributed by atoms with Gasteiger partial charge in [0.2, 0.25) is 0 Å². The van der Waals surface area contributed by atoms with Gasteiger partial charge < -0.3 is 9.47 Å². The molecule has 0 spiro atoms. The third-order valence-corrected chi connectivity index (χ3v) is 4.86. The van der Waals surface area contributed by atoms with E-state index in [0.717, 1.165) is 17.9 Å². The molecule has 0 radical (unpaired) electrons. The van der Waals surface area contributed by atoms with E-state index in [1.54, 1.807) is 25.6 Å². The van der Waals surface area contributed by atoms with E-state index in [1.165, 1.54) is 10.4 Å². The van der Waals surface area contributed by atoms with Crippen molar-refractivity contribution in [1.29, 1.82) is 0 Å². The highest BCUT2D eigenvalue weighted by Gasteiger charge is 2.11. The maximum atomic E-state index is 5.20. The van der Waals surface area contributed by atoms with E-state index in [2.05, 4.69) is 34.1 Å². The first kappa shape index (κ1) is 13.4. The van der Waals surface area contributed by atoms with Crippen molar-refractivity contribution >= 4 is 27.3 Å². The maximum Gasteiger partial charge on any atom is 0.129 e. The predicted molar refractivity (Wildman–Crippen MR) is 79.2 cm³/mol. The molecule has 4 heteroatoms. The SMILES string of the molecule is COc1ccc(CC(Br)c2cc(OC)cs2)cc1. The van der Waals surface area contributed by atoms with Crippen LogP contribution in [0.5, 0.6) is 11.5 Å². The van der Waals surface area contributed by atoms with Crippen LogP contribution >= 0.6 is 27.3 Å². The van der Waals surface area contributed by atoms with Gasteiger partial charge in [-0.1, -0.05) is 28.1 Å². The number of benzene rings is 1. The highest BCUT2D eigenvalue weighted by Crippen LogP contribution is 2.34. The Morgan fingerprint density at radius 1 is 1.11 bits per heavy atom. The number of ether oxygens (including phenoxy) is 2. The maximum absolute atomic E-state index is 5.20. The molecule has 1 aromatic carbocycles. The molecule has 96 valence electrons. The fourth-order valence-corrected chi connectivity index (χ4v) is 3.34. The zero-order chi connectivity index (χ0) is 13.0. The molecule has 1 aromatic heterocycles. The summed E-state index contributed by atoms with van der Waals surface area (Å²) in [5.41, 5.74) is 1.28. The second-order valence-electron chi connectivity index (χ2n) is 3.91. The van der Waals surface area contributed by atoms with Crippen LogP contribution < -0.4 is 9.47 Å². The summed E-state index contributed by atoms with van der Waals surface area (Å²) in [5, 5.41) is 2.03. The Kier molecular flexibility index (Phi) is 4.66. The summed E-state index contributed by atoms with van der Waals surface area (Å²) in [6.45, 7) is 0. The van der Waals surface area contributed by atoms with Crippen LogP contribution in [0, 0.1) is 0 Å². The third-order valence-electron chi connectivity index (χ3n) is 2.71. The van der Waals surface area contributed by atoms with Crippen LogP contribution in [0.3, 0.4) is 0 Å². The molecule has 2 nitrogen and oxygen atoms in total. The summed E-state index contributed by atoms with van der Waals surface area (Å²) in [6, 6.07) is 10.2. The van der Waals surface area contributed by atoms with Crippen molar-refractivity contribution in [3.05, 3.63) is 46.2 Å². The molecule has 0 aliphatic carbocycles. The number of rotatable bonds is 5. The molecule has 18 heavy (non-hydrogen) atoms. The Bertz CT molecular complexity index is 493. The monoisotopic (exact) mass is 326 g/mol. The van der Waals surface area contributed by atoms with E-state index in [-0.39, 0.29) is 0 Å². The molecule has 0 saturated carbocycles. The lowest BCUT2D eigenvalue weighted by Gasteiger charge is -2.08. The number of halogens is 1. The van der Waals surface area contributed by atoms with Crippen molar-refractivity contribution < 1.29 is 9.47 Å². The van der Waals surface area contributed by atoms with Gasteiger partial charge in [-0.25, -0.2) is 0 Å². The molecule has 1 atom stereocenters.